The summed E-state index contributed by atoms with van der Waals surface area (Å²) in [5, 5.41) is 0. The second kappa shape index (κ2) is 4.83. The van der Waals surface area contributed by atoms with Crippen molar-refractivity contribution < 1.29 is 0 Å². The predicted molar refractivity (Wildman–Crippen MR) is 67.5 cm³/mol. The number of hydrogen-bond acceptors (Lipinski definition) is 3. The third-order valence-electron chi connectivity index (χ3n) is 3.44. The Morgan fingerprint density at radius 2 is 2.38 bits per heavy atom. The average molecular weight is 219 g/mol. The highest BCUT2D eigenvalue weighted by Crippen LogP contribution is 2.25. The maximum atomic E-state index is 5.82. The minimum absolute atomic E-state index is 0.0714. The minimum Gasteiger partial charge on any atom is -0.354 e. The van der Waals surface area contributed by atoms with Gasteiger partial charge in [-0.1, -0.05) is 13.0 Å². The molecule has 0 saturated carbocycles. The quantitative estimate of drug-likeness (QED) is 0.849. The van der Waals surface area contributed by atoms with Gasteiger partial charge in [-0.05, 0) is 37.8 Å². The van der Waals surface area contributed by atoms with Crippen LogP contribution in [0.25, 0.3) is 0 Å². The van der Waals surface area contributed by atoms with Crippen LogP contribution in [-0.2, 0) is 0 Å². The average Bonchev–Trinajstić information content (AvgIpc) is 2.77. The predicted octanol–water partition coefficient (Wildman–Crippen LogP) is 2.48. The van der Waals surface area contributed by atoms with Crippen molar-refractivity contribution in [3.8, 4) is 0 Å². The number of aromatic nitrogens is 1. The highest BCUT2D eigenvalue weighted by molar-refractivity contribution is 5.42. The summed E-state index contributed by atoms with van der Waals surface area (Å²) in [6.45, 7) is 5.38. The molecule has 1 aromatic heterocycles. The maximum absolute atomic E-state index is 5.82. The molecule has 3 heteroatoms. The Kier molecular flexibility index (Phi) is 3.44. The molecule has 2 atom stereocenters. The van der Waals surface area contributed by atoms with Crippen molar-refractivity contribution in [2.24, 2.45) is 5.73 Å². The van der Waals surface area contributed by atoms with Gasteiger partial charge >= 0.3 is 0 Å². The molecule has 1 aromatic rings. The van der Waals surface area contributed by atoms with Gasteiger partial charge in [0.2, 0.25) is 0 Å². The summed E-state index contributed by atoms with van der Waals surface area (Å²) in [4.78, 5) is 6.95. The first kappa shape index (κ1) is 11.4. The molecule has 1 fully saturated rings. The van der Waals surface area contributed by atoms with Crippen LogP contribution in [0.2, 0.25) is 0 Å². The fraction of sp³-hybridized carbons (Fsp3) is 0.615. The topological polar surface area (TPSA) is 42.1 Å². The van der Waals surface area contributed by atoms with Crippen molar-refractivity contribution in [2.45, 2.75) is 45.2 Å². The van der Waals surface area contributed by atoms with Crippen LogP contribution < -0.4 is 10.6 Å². The lowest BCUT2D eigenvalue weighted by molar-refractivity contribution is 0.640. The molecule has 1 unspecified atom stereocenters. The molecule has 0 spiro atoms. The number of hydrogen-bond donors (Lipinski definition) is 1. The van der Waals surface area contributed by atoms with Crippen LogP contribution in [0.3, 0.4) is 0 Å². The number of rotatable bonds is 3. The first-order valence-corrected chi connectivity index (χ1v) is 6.20. The smallest absolute Gasteiger partial charge is 0.128 e. The van der Waals surface area contributed by atoms with E-state index in [0.29, 0.717) is 6.04 Å². The lowest BCUT2D eigenvalue weighted by Crippen LogP contribution is -2.29. The Balaban J connectivity index is 2.15. The maximum Gasteiger partial charge on any atom is 0.128 e. The van der Waals surface area contributed by atoms with E-state index in [0.717, 1.165) is 17.9 Å². The van der Waals surface area contributed by atoms with Crippen molar-refractivity contribution in [1.29, 1.82) is 0 Å². The summed E-state index contributed by atoms with van der Waals surface area (Å²) in [5.41, 5.74) is 6.92. The summed E-state index contributed by atoms with van der Waals surface area (Å²) < 4.78 is 0. The van der Waals surface area contributed by atoms with Crippen LogP contribution in [0.4, 0.5) is 5.82 Å². The number of nitrogens with zero attached hydrogens (tertiary/aromatic N) is 2. The zero-order valence-corrected chi connectivity index (χ0v) is 10.2. The molecule has 16 heavy (non-hydrogen) atoms. The van der Waals surface area contributed by atoms with E-state index in [9.17, 15) is 0 Å². The van der Waals surface area contributed by atoms with Gasteiger partial charge < -0.3 is 10.6 Å². The van der Waals surface area contributed by atoms with Crippen LogP contribution in [0.1, 0.15) is 44.7 Å². The van der Waals surface area contributed by atoms with E-state index in [4.69, 9.17) is 5.73 Å². The van der Waals surface area contributed by atoms with Crippen LogP contribution in [0, 0.1) is 0 Å². The second-order valence-corrected chi connectivity index (χ2v) is 4.64. The molecule has 0 aliphatic carbocycles. The van der Waals surface area contributed by atoms with Crippen molar-refractivity contribution in [3.05, 3.63) is 23.9 Å². The van der Waals surface area contributed by atoms with E-state index in [1.807, 2.05) is 13.1 Å². The molecule has 2 rings (SSSR count). The Morgan fingerprint density at radius 1 is 1.56 bits per heavy atom. The molecule has 3 nitrogen and oxygen atoms in total. The van der Waals surface area contributed by atoms with Gasteiger partial charge in [0.05, 0.1) is 0 Å². The zero-order valence-electron chi connectivity index (χ0n) is 10.2. The Hall–Kier alpha value is -1.09. The first-order valence-electron chi connectivity index (χ1n) is 6.20. The summed E-state index contributed by atoms with van der Waals surface area (Å²) in [5.74, 6) is 1.11. The molecule has 88 valence electrons. The lowest BCUT2D eigenvalue weighted by atomic mass is 10.1. The Morgan fingerprint density at radius 3 is 2.94 bits per heavy atom. The number of nitrogens with two attached hydrogens (primary N) is 1. The van der Waals surface area contributed by atoms with Crippen molar-refractivity contribution in [2.75, 3.05) is 11.4 Å². The molecule has 2 heterocycles. The molecular weight excluding hydrogens is 198 g/mol. The van der Waals surface area contributed by atoms with Crippen molar-refractivity contribution in [3.63, 3.8) is 0 Å². The van der Waals surface area contributed by atoms with Crippen LogP contribution >= 0.6 is 0 Å². The van der Waals surface area contributed by atoms with E-state index >= 15 is 0 Å². The largest absolute Gasteiger partial charge is 0.354 e. The molecule has 1 saturated heterocycles. The van der Waals surface area contributed by atoms with Crippen molar-refractivity contribution >= 4 is 5.82 Å². The molecule has 0 aromatic carbocycles. The van der Waals surface area contributed by atoms with Gasteiger partial charge in [-0.3, -0.25) is 0 Å². The van der Waals surface area contributed by atoms with Gasteiger partial charge in [-0.2, -0.15) is 0 Å². The molecule has 0 bridgehead atoms. The molecule has 1 aliphatic heterocycles. The van der Waals surface area contributed by atoms with Crippen LogP contribution in [0.15, 0.2) is 18.3 Å². The zero-order chi connectivity index (χ0) is 11.5. The van der Waals surface area contributed by atoms with Gasteiger partial charge in [0.15, 0.2) is 0 Å². The van der Waals surface area contributed by atoms with E-state index in [-0.39, 0.29) is 6.04 Å². The van der Waals surface area contributed by atoms with E-state index < -0.39 is 0 Å². The van der Waals surface area contributed by atoms with E-state index in [1.165, 1.54) is 19.3 Å². The van der Waals surface area contributed by atoms with Gasteiger partial charge in [0.25, 0.3) is 0 Å². The fourth-order valence-corrected chi connectivity index (χ4v) is 2.40. The Bertz CT molecular complexity index is 332. The SMILES string of the molecule is CCC1CCCN1c1ccc([C@H](C)N)cn1. The minimum atomic E-state index is 0.0714. The summed E-state index contributed by atoms with van der Waals surface area (Å²) in [6, 6.07) is 4.95. The third kappa shape index (κ3) is 2.19. The molecule has 2 N–H and O–H groups in total. The van der Waals surface area contributed by atoms with Crippen LogP contribution in [-0.4, -0.2) is 17.6 Å². The lowest BCUT2D eigenvalue weighted by Gasteiger charge is -2.24. The molecule has 0 amide bonds. The van der Waals surface area contributed by atoms with Gasteiger partial charge in [-0.15, -0.1) is 0 Å². The molecule has 0 radical (unpaired) electrons. The van der Waals surface area contributed by atoms with Crippen molar-refractivity contribution in [1.82, 2.24) is 4.98 Å². The second-order valence-electron chi connectivity index (χ2n) is 4.64. The number of anilines is 1. The van der Waals surface area contributed by atoms with E-state index in [1.54, 1.807) is 0 Å². The van der Waals surface area contributed by atoms with Crippen LogP contribution in [0.5, 0.6) is 0 Å². The van der Waals surface area contributed by atoms with E-state index in [2.05, 4.69) is 28.9 Å². The van der Waals surface area contributed by atoms with Gasteiger partial charge in [-0.25, -0.2) is 4.98 Å². The van der Waals surface area contributed by atoms with Gasteiger partial charge in [0.1, 0.15) is 5.82 Å². The summed E-state index contributed by atoms with van der Waals surface area (Å²) in [6.07, 6.45) is 5.70. The highest BCUT2D eigenvalue weighted by atomic mass is 15.2. The standard InChI is InChI=1S/C13H21N3/c1-3-12-5-4-8-16(12)13-7-6-11(9-15-13)10(2)14/h6-7,9-10,12H,3-5,8,14H2,1-2H3/t10-,12?/m0/s1. The van der Waals surface area contributed by atoms with Gasteiger partial charge in [0, 0.05) is 24.8 Å². The number of pyridine rings is 1. The Labute approximate surface area is 97.7 Å². The molecule has 1 aliphatic rings. The highest BCUT2D eigenvalue weighted by Gasteiger charge is 2.23. The third-order valence-corrected chi connectivity index (χ3v) is 3.44. The summed E-state index contributed by atoms with van der Waals surface area (Å²) >= 11 is 0. The molecular formula is C13H21N3. The normalized spacial score (nSPS) is 22.4. The fourth-order valence-electron chi connectivity index (χ4n) is 2.40. The first-order chi connectivity index (χ1) is 7.72. The monoisotopic (exact) mass is 219 g/mol. The summed E-state index contributed by atoms with van der Waals surface area (Å²) in [7, 11) is 0.